The summed E-state index contributed by atoms with van der Waals surface area (Å²) in [6, 6.07) is 2.97. The van der Waals surface area contributed by atoms with Gasteiger partial charge in [0.15, 0.2) is 0 Å². The Morgan fingerprint density at radius 1 is 1.39 bits per heavy atom. The van der Waals surface area contributed by atoms with Crippen LogP contribution in [-0.2, 0) is 0 Å². The summed E-state index contributed by atoms with van der Waals surface area (Å²) in [6.45, 7) is 1.02. The van der Waals surface area contributed by atoms with Crippen LogP contribution < -0.4 is 11.1 Å². The first-order chi connectivity index (χ1) is 8.61. The molecule has 1 saturated carbocycles. The van der Waals surface area contributed by atoms with E-state index in [2.05, 4.69) is 21.2 Å². The second-order valence-corrected chi connectivity index (χ2v) is 5.72. The summed E-state index contributed by atoms with van der Waals surface area (Å²) in [6.07, 6.45) is 3.38. The van der Waals surface area contributed by atoms with E-state index in [1.807, 2.05) is 0 Å². The second-order valence-electron chi connectivity index (χ2n) is 4.87. The van der Waals surface area contributed by atoms with Gasteiger partial charge in [0, 0.05) is 19.2 Å². The lowest BCUT2D eigenvalue weighted by atomic mass is 9.97. The molecule has 100 valence electrons. The normalized spacial score (nSPS) is 23.3. The number of rotatable bonds is 4. The quantitative estimate of drug-likeness (QED) is 0.748. The standard InChI is InChI=1S/C13H18BrFN2O/c14-10-4-13(12(16)5-11(10)15)17-6-8-2-1-3-9(8)7-18/h4-5,8-9,17-18H,1-3,6-7,16H2. The predicted octanol–water partition coefficient (Wildman–Crippen LogP) is 2.99. The number of nitrogens with two attached hydrogens (primary N) is 1. The highest BCUT2D eigenvalue weighted by Gasteiger charge is 2.26. The molecular formula is C13H18BrFN2O. The van der Waals surface area contributed by atoms with Crippen molar-refractivity contribution in [3.63, 3.8) is 0 Å². The van der Waals surface area contributed by atoms with Crippen molar-refractivity contribution in [3.8, 4) is 0 Å². The minimum atomic E-state index is -0.354. The maximum Gasteiger partial charge on any atom is 0.139 e. The first-order valence-corrected chi connectivity index (χ1v) is 7.00. The summed E-state index contributed by atoms with van der Waals surface area (Å²) in [5.74, 6) is 0.494. The van der Waals surface area contributed by atoms with Crippen LogP contribution in [0.2, 0.25) is 0 Å². The minimum Gasteiger partial charge on any atom is -0.397 e. The van der Waals surface area contributed by atoms with Gasteiger partial charge in [-0.15, -0.1) is 0 Å². The van der Waals surface area contributed by atoms with Gasteiger partial charge in [0.2, 0.25) is 0 Å². The van der Waals surface area contributed by atoms with E-state index in [0.29, 0.717) is 22.0 Å². The summed E-state index contributed by atoms with van der Waals surface area (Å²) in [5.41, 5.74) is 6.92. The molecule has 0 radical (unpaired) electrons. The van der Waals surface area contributed by atoms with Gasteiger partial charge in [0.25, 0.3) is 0 Å². The fraction of sp³-hybridized carbons (Fsp3) is 0.538. The smallest absolute Gasteiger partial charge is 0.139 e. The fourth-order valence-corrected chi connectivity index (χ4v) is 2.92. The molecule has 2 atom stereocenters. The monoisotopic (exact) mass is 316 g/mol. The lowest BCUT2D eigenvalue weighted by Crippen LogP contribution is -2.21. The third-order valence-electron chi connectivity index (χ3n) is 3.70. The number of anilines is 2. The van der Waals surface area contributed by atoms with Gasteiger partial charge in [-0.2, -0.15) is 0 Å². The summed E-state index contributed by atoms with van der Waals surface area (Å²) < 4.78 is 13.6. The highest BCUT2D eigenvalue weighted by molar-refractivity contribution is 9.10. The van der Waals surface area contributed by atoms with Crippen molar-refractivity contribution in [1.29, 1.82) is 0 Å². The topological polar surface area (TPSA) is 58.3 Å². The maximum absolute atomic E-state index is 13.2. The van der Waals surface area contributed by atoms with Crippen molar-refractivity contribution in [2.45, 2.75) is 19.3 Å². The van der Waals surface area contributed by atoms with Crippen LogP contribution in [0.25, 0.3) is 0 Å². The number of halogens is 2. The number of hydrogen-bond donors (Lipinski definition) is 3. The van der Waals surface area contributed by atoms with Crippen LogP contribution in [0.1, 0.15) is 19.3 Å². The summed E-state index contributed by atoms with van der Waals surface area (Å²) in [7, 11) is 0. The molecule has 0 bridgehead atoms. The van der Waals surface area contributed by atoms with Gasteiger partial charge in [-0.25, -0.2) is 4.39 Å². The van der Waals surface area contributed by atoms with Gasteiger partial charge in [0.05, 0.1) is 15.8 Å². The molecule has 1 fully saturated rings. The van der Waals surface area contributed by atoms with Gasteiger partial charge in [-0.1, -0.05) is 6.42 Å². The third-order valence-corrected chi connectivity index (χ3v) is 4.31. The summed E-state index contributed by atoms with van der Waals surface area (Å²) in [4.78, 5) is 0. The van der Waals surface area contributed by atoms with E-state index < -0.39 is 0 Å². The SMILES string of the molecule is Nc1cc(F)c(Br)cc1NCC1CCCC1CO. The van der Waals surface area contributed by atoms with Crippen LogP contribution in [0.5, 0.6) is 0 Å². The summed E-state index contributed by atoms with van der Waals surface area (Å²) >= 11 is 3.15. The van der Waals surface area contributed by atoms with E-state index in [1.165, 1.54) is 12.5 Å². The van der Waals surface area contributed by atoms with E-state index in [4.69, 9.17) is 5.73 Å². The van der Waals surface area contributed by atoms with Gasteiger partial charge in [-0.05, 0) is 46.7 Å². The molecule has 1 aliphatic rings. The highest BCUT2D eigenvalue weighted by Crippen LogP contribution is 2.32. The van der Waals surface area contributed by atoms with Gasteiger partial charge in [-0.3, -0.25) is 0 Å². The van der Waals surface area contributed by atoms with E-state index >= 15 is 0 Å². The lowest BCUT2D eigenvalue weighted by molar-refractivity contribution is 0.199. The first kappa shape index (κ1) is 13.6. The maximum atomic E-state index is 13.2. The molecule has 0 amide bonds. The minimum absolute atomic E-state index is 0.245. The molecule has 18 heavy (non-hydrogen) atoms. The van der Waals surface area contributed by atoms with Crippen molar-refractivity contribution in [2.24, 2.45) is 11.8 Å². The molecule has 3 nitrogen and oxygen atoms in total. The largest absolute Gasteiger partial charge is 0.397 e. The van der Waals surface area contributed by atoms with E-state index in [1.54, 1.807) is 6.07 Å². The molecule has 2 rings (SSSR count). The Kier molecular flexibility index (Phi) is 4.45. The van der Waals surface area contributed by atoms with E-state index in [0.717, 1.165) is 25.1 Å². The lowest BCUT2D eigenvalue weighted by Gasteiger charge is -2.19. The van der Waals surface area contributed by atoms with Crippen LogP contribution in [0, 0.1) is 17.7 Å². The molecule has 0 aliphatic heterocycles. The molecule has 1 aromatic carbocycles. The van der Waals surface area contributed by atoms with Crippen molar-refractivity contribution < 1.29 is 9.50 Å². The molecule has 2 unspecified atom stereocenters. The molecule has 5 heteroatoms. The van der Waals surface area contributed by atoms with Crippen LogP contribution in [0.15, 0.2) is 16.6 Å². The molecule has 0 heterocycles. The van der Waals surface area contributed by atoms with Crippen molar-refractivity contribution in [3.05, 3.63) is 22.4 Å². The zero-order chi connectivity index (χ0) is 13.1. The highest BCUT2D eigenvalue weighted by atomic mass is 79.9. The van der Waals surface area contributed by atoms with Crippen LogP contribution >= 0.6 is 15.9 Å². The first-order valence-electron chi connectivity index (χ1n) is 6.21. The van der Waals surface area contributed by atoms with E-state index in [9.17, 15) is 9.50 Å². The zero-order valence-electron chi connectivity index (χ0n) is 10.1. The second kappa shape index (κ2) is 5.89. The number of aliphatic hydroxyl groups excluding tert-OH is 1. The number of nitrogens with one attached hydrogen (secondary N) is 1. The molecule has 0 spiro atoms. The van der Waals surface area contributed by atoms with Crippen molar-refractivity contribution in [1.82, 2.24) is 0 Å². The molecule has 0 saturated heterocycles. The third kappa shape index (κ3) is 2.95. The molecule has 4 N–H and O–H groups in total. The number of benzene rings is 1. The Morgan fingerprint density at radius 3 is 2.83 bits per heavy atom. The Morgan fingerprint density at radius 2 is 2.11 bits per heavy atom. The molecule has 0 aromatic heterocycles. The van der Waals surface area contributed by atoms with Gasteiger partial charge >= 0.3 is 0 Å². The van der Waals surface area contributed by atoms with Gasteiger partial charge < -0.3 is 16.2 Å². The Balaban J connectivity index is 2.00. The van der Waals surface area contributed by atoms with Crippen molar-refractivity contribution in [2.75, 3.05) is 24.2 Å². The Hall–Kier alpha value is -0.810. The number of hydrogen-bond acceptors (Lipinski definition) is 3. The van der Waals surface area contributed by atoms with Gasteiger partial charge in [0.1, 0.15) is 5.82 Å². The zero-order valence-corrected chi connectivity index (χ0v) is 11.7. The molecule has 1 aliphatic carbocycles. The molecular weight excluding hydrogens is 299 g/mol. The Bertz CT molecular complexity index is 428. The van der Waals surface area contributed by atoms with Crippen LogP contribution in [0.4, 0.5) is 15.8 Å². The van der Waals surface area contributed by atoms with E-state index in [-0.39, 0.29) is 12.4 Å². The average molecular weight is 317 g/mol. The number of nitrogen functional groups attached to an aromatic ring is 1. The Labute approximate surface area is 115 Å². The molecule has 1 aromatic rings. The fourth-order valence-electron chi connectivity index (χ4n) is 2.58. The van der Waals surface area contributed by atoms with Crippen LogP contribution in [-0.4, -0.2) is 18.3 Å². The average Bonchev–Trinajstić information content (AvgIpc) is 2.79. The predicted molar refractivity (Wildman–Crippen MR) is 74.9 cm³/mol. The summed E-state index contributed by atoms with van der Waals surface area (Å²) in [5, 5.41) is 12.5. The number of aliphatic hydroxyl groups is 1. The van der Waals surface area contributed by atoms with Crippen molar-refractivity contribution >= 4 is 27.3 Å². The van der Waals surface area contributed by atoms with Crippen LogP contribution in [0.3, 0.4) is 0 Å².